The van der Waals surface area contributed by atoms with Crippen LogP contribution in [0.15, 0.2) is 58.9 Å². The standard InChI is InChI=1S/C20H19N3O3S2/c1-21-16(24)12-27-20-22-17(13-8-4-3-5-9-13)19(28-20)23-18(25)14-10-6-7-11-15(14)26-2/h3-11H,12H2,1-2H3,(H,21,24)(H,23,25). The molecule has 0 aliphatic rings. The van der Waals surface area contributed by atoms with Crippen molar-refractivity contribution in [3.05, 3.63) is 60.2 Å². The summed E-state index contributed by atoms with van der Waals surface area (Å²) >= 11 is 2.68. The van der Waals surface area contributed by atoms with Gasteiger partial charge in [0.25, 0.3) is 5.91 Å². The van der Waals surface area contributed by atoms with Gasteiger partial charge in [0.1, 0.15) is 16.4 Å². The van der Waals surface area contributed by atoms with Crippen LogP contribution in [0, 0.1) is 0 Å². The number of thioether (sulfide) groups is 1. The smallest absolute Gasteiger partial charge is 0.260 e. The second kappa shape index (κ2) is 9.38. The van der Waals surface area contributed by atoms with Gasteiger partial charge in [-0.3, -0.25) is 9.59 Å². The summed E-state index contributed by atoms with van der Waals surface area (Å²) in [5.41, 5.74) is 2.01. The number of nitrogens with zero attached hydrogens (tertiary/aromatic N) is 1. The van der Waals surface area contributed by atoms with E-state index in [1.165, 1.54) is 30.2 Å². The predicted octanol–water partition coefficient (Wildman–Crippen LogP) is 3.91. The summed E-state index contributed by atoms with van der Waals surface area (Å²) in [6.07, 6.45) is 0. The average Bonchev–Trinajstić information content (AvgIpc) is 3.15. The van der Waals surface area contributed by atoms with Crippen molar-refractivity contribution < 1.29 is 14.3 Å². The number of hydrogen-bond acceptors (Lipinski definition) is 6. The number of ether oxygens (including phenoxy) is 1. The van der Waals surface area contributed by atoms with Gasteiger partial charge in [0.2, 0.25) is 5.91 Å². The zero-order valence-corrected chi connectivity index (χ0v) is 17.0. The molecule has 2 amide bonds. The van der Waals surface area contributed by atoms with E-state index in [2.05, 4.69) is 15.6 Å². The number of rotatable bonds is 7. The third kappa shape index (κ3) is 4.71. The Labute approximate surface area is 171 Å². The summed E-state index contributed by atoms with van der Waals surface area (Å²) in [5.74, 6) is 0.403. The van der Waals surface area contributed by atoms with Crippen LogP contribution in [0.3, 0.4) is 0 Å². The van der Waals surface area contributed by atoms with Gasteiger partial charge in [-0.15, -0.1) is 0 Å². The van der Waals surface area contributed by atoms with Crippen molar-refractivity contribution >= 4 is 39.9 Å². The summed E-state index contributed by atoms with van der Waals surface area (Å²) in [6.45, 7) is 0. The van der Waals surface area contributed by atoms with Crippen molar-refractivity contribution in [3.8, 4) is 17.0 Å². The lowest BCUT2D eigenvalue weighted by Crippen LogP contribution is -2.19. The first-order chi connectivity index (χ1) is 13.6. The van der Waals surface area contributed by atoms with Gasteiger partial charge < -0.3 is 15.4 Å². The molecule has 1 heterocycles. The van der Waals surface area contributed by atoms with Crippen LogP contribution in [0.4, 0.5) is 5.00 Å². The second-order valence-corrected chi connectivity index (χ2v) is 7.86. The van der Waals surface area contributed by atoms with Crippen LogP contribution >= 0.6 is 23.1 Å². The third-order valence-corrected chi connectivity index (χ3v) is 5.95. The minimum Gasteiger partial charge on any atom is -0.496 e. The van der Waals surface area contributed by atoms with E-state index in [1.807, 2.05) is 36.4 Å². The lowest BCUT2D eigenvalue weighted by molar-refractivity contribution is -0.118. The van der Waals surface area contributed by atoms with Gasteiger partial charge in [0, 0.05) is 12.6 Å². The fraction of sp³-hybridized carbons (Fsp3) is 0.150. The molecule has 28 heavy (non-hydrogen) atoms. The lowest BCUT2D eigenvalue weighted by atomic mass is 10.1. The van der Waals surface area contributed by atoms with Gasteiger partial charge in [-0.1, -0.05) is 65.6 Å². The summed E-state index contributed by atoms with van der Waals surface area (Å²) in [6, 6.07) is 16.7. The normalized spacial score (nSPS) is 10.4. The van der Waals surface area contributed by atoms with Gasteiger partial charge >= 0.3 is 0 Å². The van der Waals surface area contributed by atoms with Crippen LogP contribution in [-0.4, -0.2) is 36.7 Å². The van der Waals surface area contributed by atoms with E-state index >= 15 is 0 Å². The molecule has 0 spiro atoms. The van der Waals surface area contributed by atoms with Crippen LogP contribution < -0.4 is 15.4 Å². The molecule has 3 rings (SSSR count). The quantitative estimate of drug-likeness (QED) is 0.574. The molecule has 0 aliphatic carbocycles. The summed E-state index contributed by atoms with van der Waals surface area (Å²) in [5, 5.41) is 6.16. The molecule has 2 N–H and O–H groups in total. The maximum atomic E-state index is 12.8. The number of benzene rings is 2. The Hall–Kier alpha value is -2.84. The highest BCUT2D eigenvalue weighted by Gasteiger charge is 2.19. The molecule has 1 aromatic heterocycles. The zero-order valence-electron chi connectivity index (χ0n) is 15.4. The number of methoxy groups -OCH3 is 1. The number of carbonyl (C=O) groups is 2. The molecule has 0 atom stereocenters. The molecule has 0 aliphatic heterocycles. The van der Waals surface area contributed by atoms with E-state index in [0.29, 0.717) is 26.3 Å². The Morgan fingerprint density at radius 2 is 1.82 bits per heavy atom. The monoisotopic (exact) mass is 413 g/mol. The number of carbonyl (C=O) groups excluding carboxylic acids is 2. The van der Waals surface area contributed by atoms with Crippen LogP contribution in [0.2, 0.25) is 0 Å². The topological polar surface area (TPSA) is 80.3 Å². The van der Waals surface area contributed by atoms with Crippen LogP contribution in [0.25, 0.3) is 11.3 Å². The van der Waals surface area contributed by atoms with E-state index in [9.17, 15) is 9.59 Å². The summed E-state index contributed by atoms with van der Waals surface area (Å²) in [4.78, 5) is 29.0. The summed E-state index contributed by atoms with van der Waals surface area (Å²) in [7, 11) is 3.13. The Kier molecular flexibility index (Phi) is 6.67. The molecule has 0 fully saturated rings. The number of thiazole rings is 1. The fourth-order valence-corrected chi connectivity index (χ4v) is 4.37. The van der Waals surface area contributed by atoms with E-state index in [-0.39, 0.29) is 17.6 Å². The van der Waals surface area contributed by atoms with Gasteiger partial charge in [-0.2, -0.15) is 0 Å². The van der Waals surface area contributed by atoms with E-state index in [4.69, 9.17) is 4.74 Å². The molecule has 0 unspecified atom stereocenters. The number of amides is 2. The first kappa shape index (κ1) is 19.9. The van der Waals surface area contributed by atoms with Gasteiger partial charge in [-0.05, 0) is 12.1 Å². The van der Waals surface area contributed by atoms with Crippen molar-refractivity contribution in [2.75, 3.05) is 25.2 Å². The first-order valence-corrected chi connectivity index (χ1v) is 10.3. The first-order valence-electron chi connectivity index (χ1n) is 8.46. The number of anilines is 1. The molecule has 144 valence electrons. The van der Waals surface area contributed by atoms with E-state index in [0.717, 1.165) is 5.56 Å². The molecule has 0 bridgehead atoms. The van der Waals surface area contributed by atoms with Crippen molar-refractivity contribution in [1.82, 2.24) is 10.3 Å². The van der Waals surface area contributed by atoms with Crippen LogP contribution in [0.5, 0.6) is 5.75 Å². The molecular formula is C20H19N3O3S2. The predicted molar refractivity (Wildman–Crippen MR) is 113 cm³/mol. The molecule has 0 saturated carbocycles. The molecular weight excluding hydrogens is 394 g/mol. The van der Waals surface area contributed by atoms with Crippen molar-refractivity contribution in [1.29, 1.82) is 0 Å². The maximum absolute atomic E-state index is 12.8. The largest absolute Gasteiger partial charge is 0.496 e. The van der Waals surface area contributed by atoms with E-state index < -0.39 is 0 Å². The highest BCUT2D eigenvalue weighted by Crippen LogP contribution is 2.38. The lowest BCUT2D eigenvalue weighted by Gasteiger charge is -2.09. The average molecular weight is 414 g/mol. The number of para-hydroxylation sites is 1. The number of hydrogen-bond donors (Lipinski definition) is 2. The molecule has 6 nitrogen and oxygen atoms in total. The Morgan fingerprint density at radius 1 is 1.11 bits per heavy atom. The molecule has 3 aromatic rings. The molecule has 8 heteroatoms. The van der Waals surface area contributed by atoms with Gasteiger partial charge in [0.05, 0.1) is 18.4 Å². The van der Waals surface area contributed by atoms with E-state index in [1.54, 1.807) is 25.2 Å². The highest BCUT2D eigenvalue weighted by molar-refractivity contribution is 8.01. The third-order valence-electron chi connectivity index (χ3n) is 3.84. The number of aromatic nitrogens is 1. The van der Waals surface area contributed by atoms with Gasteiger partial charge in [0.15, 0.2) is 4.34 Å². The highest BCUT2D eigenvalue weighted by atomic mass is 32.2. The van der Waals surface area contributed by atoms with Crippen LogP contribution in [-0.2, 0) is 4.79 Å². The van der Waals surface area contributed by atoms with Crippen LogP contribution in [0.1, 0.15) is 10.4 Å². The summed E-state index contributed by atoms with van der Waals surface area (Å²) < 4.78 is 5.99. The van der Waals surface area contributed by atoms with Crippen molar-refractivity contribution in [2.45, 2.75) is 4.34 Å². The fourth-order valence-electron chi connectivity index (χ4n) is 2.44. The minimum atomic E-state index is -0.277. The molecule has 0 radical (unpaired) electrons. The second-order valence-electron chi connectivity index (χ2n) is 5.64. The number of nitrogens with one attached hydrogen (secondary N) is 2. The molecule has 2 aromatic carbocycles. The molecule has 0 saturated heterocycles. The van der Waals surface area contributed by atoms with Crippen molar-refractivity contribution in [2.24, 2.45) is 0 Å². The Balaban J connectivity index is 1.90. The maximum Gasteiger partial charge on any atom is 0.260 e. The SMILES string of the molecule is CNC(=O)CSc1nc(-c2ccccc2)c(NC(=O)c2ccccc2OC)s1. The van der Waals surface area contributed by atoms with Gasteiger partial charge in [-0.25, -0.2) is 4.98 Å². The Morgan fingerprint density at radius 3 is 2.54 bits per heavy atom. The zero-order chi connectivity index (χ0) is 19.9. The Bertz CT molecular complexity index is 974. The minimum absolute atomic E-state index is 0.0823. The van der Waals surface area contributed by atoms with Crippen molar-refractivity contribution in [3.63, 3.8) is 0 Å².